The summed E-state index contributed by atoms with van der Waals surface area (Å²) in [6.45, 7) is 0. The summed E-state index contributed by atoms with van der Waals surface area (Å²) < 4.78 is 5.47. The van der Waals surface area contributed by atoms with Gasteiger partial charge in [0.1, 0.15) is 6.26 Å². The van der Waals surface area contributed by atoms with Gasteiger partial charge >= 0.3 is 0 Å². The van der Waals surface area contributed by atoms with E-state index in [0.717, 1.165) is 11.1 Å². The van der Waals surface area contributed by atoms with Crippen LogP contribution in [0.3, 0.4) is 0 Å². The number of hydrogen-bond acceptors (Lipinski definition) is 2. The molecule has 0 saturated carbocycles. The van der Waals surface area contributed by atoms with Gasteiger partial charge in [-0.05, 0) is 22.0 Å². The zero-order valence-electron chi connectivity index (χ0n) is 6.50. The summed E-state index contributed by atoms with van der Waals surface area (Å²) in [5.41, 5.74) is 1.78. The van der Waals surface area contributed by atoms with E-state index < -0.39 is 0 Å². The highest BCUT2D eigenvalue weighted by molar-refractivity contribution is 9.10. The Hall–Kier alpha value is -0.800. The summed E-state index contributed by atoms with van der Waals surface area (Å²) in [7, 11) is 0. The molecule has 4 heteroatoms. The highest BCUT2D eigenvalue weighted by Gasteiger charge is 2.09. The molecule has 1 heterocycles. The number of benzene rings is 1. The summed E-state index contributed by atoms with van der Waals surface area (Å²) in [6.07, 6.45) is 1.56. The summed E-state index contributed by atoms with van der Waals surface area (Å²) in [6, 6.07) is 7.55. The van der Waals surface area contributed by atoms with Gasteiger partial charge in [0, 0.05) is 10.6 Å². The van der Waals surface area contributed by atoms with Crippen molar-refractivity contribution in [3.8, 4) is 11.1 Å². The molecule has 1 aromatic carbocycles. The van der Waals surface area contributed by atoms with Crippen molar-refractivity contribution >= 4 is 27.5 Å². The van der Waals surface area contributed by atoms with Crippen LogP contribution in [0.15, 0.2) is 39.7 Å². The Balaban J connectivity index is 2.59. The minimum atomic E-state index is 0.667. The minimum Gasteiger partial charge on any atom is -0.363 e. The highest BCUT2D eigenvalue weighted by atomic mass is 79.9. The highest BCUT2D eigenvalue weighted by Crippen LogP contribution is 2.32. The third kappa shape index (κ3) is 1.62. The fourth-order valence-electron chi connectivity index (χ4n) is 1.08. The van der Waals surface area contributed by atoms with Crippen LogP contribution in [-0.4, -0.2) is 5.16 Å². The van der Waals surface area contributed by atoms with E-state index in [1.807, 2.05) is 24.3 Å². The van der Waals surface area contributed by atoms with E-state index in [2.05, 4.69) is 21.1 Å². The number of hydrogen-bond donors (Lipinski definition) is 0. The van der Waals surface area contributed by atoms with Crippen LogP contribution >= 0.6 is 27.5 Å². The third-order valence-corrected chi connectivity index (χ3v) is 2.59. The van der Waals surface area contributed by atoms with E-state index in [1.54, 1.807) is 6.26 Å². The molecule has 0 bridgehead atoms. The molecular formula is C9H5BrClNO. The van der Waals surface area contributed by atoms with Crippen LogP contribution in [0.4, 0.5) is 0 Å². The van der Waals surface area contributed by atoms with Gasteiger partial charge in [0.25, 0.3) is 0 Å². The van der Waals surface area contributed by atoms with Crippen LogP contribution in [0.2, 0.25) is 5.02 Å². The average molecular weight is 259 g/mol. The van der Waals surface area contributed by atoms with E-state index in [4.69, 9.17) is 16.1 Å². The zero-order chi connectivity index (χ0) is 9.26. The van der Waals surface area contributed by atoms with E-state index in [0.29, 0.717) is 9.63 Å². The zero-order valence-corrected chi connectivity index (χ0v) is 8.84. The molecule has 0 amide bonds. The van der Waals surface area contributed by atoms with Gasteiger partial charge in [-0.3, -0.25) is 0 Å². The Morgan fingerprint density at radius 3 is 2.62 bits per heavy atom. The predicted molar refractivity (Wildman–Crippen MR) is 54.6 cm³/mol. The Kier molecular flexibility index (Phi) is 2.38. The molecule has 13 heavy (non-hydrogen) atoms. The molecule has 0 radical (unpaired) electrons. The fraction of sp³-hybridized carbons (Fsp3) is 0. The molecule has 0 fully saturated rings. The van der Waals surface area contributed by atoms with Crippen molar-refractivity contribution in [2.75, 3.05) is 0 Å². The molecule has 2 aromatic rings. The van der Waals surface area contributed by atoms with Crippen LogP contribution in [0.5, 0.6) is 0 Å². The Morgan fingerprint density at radius 1 is 1.23 bits per heavy atom. The molecule has 0 unspecified atom stereocenters. The Bertz CT molecular complexity index is 427. The van der Waals surface area contributed by atoms with Crippen LogP contribution in [0, 0.1) is 0 Å². The van der Waals surface area contributed by atoms with Crippen molar-refractivity contribution in [3.63, 3.8) is 0 Å². The second-order valence-corrected chi connectivity index (χ2v) is 3.66. The normalized spacial score (nSPS) is 10.3. The quantitative estimate of drug-likeness (QED) is 0.778. The number of nitrogens with zero attached hydrogens (tertiary/aromatic N) is 1. The van der Waals surface area contributed by atoms with Crippen LogP contribution < -0.4 is 0 Å². The van der Waals surface area contributed by atoms with Crippen molar-refractivity contribution in [2.24, 2.45) is 0 Å². The summed E-state index contributed by atoms with van der Waals surface area (Å²) in [5, 5.41) is 4.40. The first-order valence-corrected chi connectivity index (χ1v) is 4.81. The lowest BCUT2D eigenvalue weighted by atomic mass is 10.1. The molecule has 66 valence electrons. The molecule has 1 aromatic heterocycles. The van der Waals surface area contributed by atoms with E-state index in [-0.39, 0.29) is 0 Å². The summed E-state index contributed by atoms with van der Waals surface area (Å²) in [4.78, 5) is 0. The number of rotatable bonds is 1. The van der Waals surface area contributed by atoms with Crippen molar-refractivity contribution in [1.29, 1.82) is 0 Å². The molecular weight excluding hydrogens is 253 g/mol. The maximum atomic E-state index is 6.00. The monoisotopic (exact) mass is 257 g/mol. The van der Waals surface area contributed by atoms with Gasteiger partial charge in [-0.1, -0.05) is 35.0 Å². The smallest absolute Gasteiger partial charge is 0.157 e. The molecule has 0 saturated heterocycles. The van der Waals surface area contributed by atoms with Crippen molar-refractivity contribution in [2.45, 2.75) is 0 Å². The molecule has 0 aliphatic heterocycles. The summed E-state index contributed by atoms with van der Waals surface area (Å²) in [5.74, 6) is 0. The molecule has 2 nitrogen and oxygen atoms in total. The second kappa shape index (κ2) is 3.52. The van der Waals surface area contributed by atoms with Gasteiger partial charge < -0.3 is 4.52 Å². The fourth-order valence-corrected chi connectivity index (χ4v) is 1.71. The lowest BCUT2D eigenvalue weighted by molar-refractivity contribution is 0.416. The van der Waals surface area contributed by atoms with Gasteiger partial charge in [-0.2, -0.15) is 0 Å². The molecule has 0 atom stereocenters. The van der Waals surface area contributed by atoms with Crippen molar-refractivity contribution < 1.29 is 4.52 Å². The SMILES string of the molecule is Clc1ccccc1-c1conc1Br. The van der Waals surface area contributed by atoms with Crippen molar-refractivity contribution in [3.05, 3.63) is 40.2 Å². The maximum Gasteiger partial charge on any atom is 0.157 e. The van der Waals surface area contributed by atoms with Crippen LogP contribution in [-0.2, 0) is 0 Å². The van der Waals surface area contributed by atoms with E-state index in [9.17, 15) is 0 Å². The topological polar surface area (TPSA) is 26.0 Å². The van der Waals surface area contributed by atoms with Crippen LogP contribution in [0.1, 0.15) is 0 Å². The largest absolute Gasteiger partial charge is 0.363 e. The number of aromatic nitrogens is 1. The maximum absolute atomic E-state index is 6.00. The molecule has 2 rings (SSSR count). The minimum absolute atomic E-state index is 0.667. The lowest BCUT2D eigenvalue weighted by Gasteiger charge is -1.98. The molecule has 0 N–H and O–H groups in total. The van der Waals surface area contributed by atoms with Gasteiger partial charge in [-0.25, -0.2) is 0 Å². The average Bonchev–Trinajstić information content (AvgIpc) is 2.52. The molecule has 0 aliphatic rings. The number of halogens is 2. The van der Waals surface area contributed by atoms with Gasteiger partial charge in [0.2, 0.25) is 0 Å². The standard InChI is InChI=1S/C9H5BrClNO/c10-9-7(5-13-12-9)6-3-1-2-4-8(6)11/h1-5H. The van der Waals surface area contributed by atoms with Gasteiger partial charge in [0.15, 0.2) is 4.60 Å². The third-order valence-electron chi connectivity index (χ3n) is 1.69. The lowest BCUT2D eigenvalue weighted by Crippen LogP contribution is -1.76. The molecule has 0 spiro atoms. The first kappa shape index (κ1) is 8.78. The van der Waals surface area contributed by atoms with Crippen LogP contribution in [0.25, 0.3) is 11.1 Å². The first-order valence-electron chi connectivity index (χ1n) is 3.64. The van der Waals surface area contributed by atoms with E-state index >= 15 is 0 Å². The van der Waals surface area contributed by atoms with Crippen molar-refractivity contribution in [1.82, 2.24) is 5.16 Å². The predicted octanol–water partition coefficient (Wildman–Crippen LogP) is 3.76. The molecule has 0 aliphatic carbocycles. The second-order valence-electron chi connectivity index (χ2n) is 2.50. The Morgan fingerprint density at radius 2 is 2.00 bits per heavy atom. The van der Waals surface area contributed by atoms with Gasteiger partial charge in [-0.15, -0.1) is 0 Å². The summed E-state index contributed by atoms with van der Waals surface area (Å²) >= 11 is 9.27. The first-order chi connectivity index (χ1) is 6.29. The van der Waals surface area contributed by atoms with Gasteiger partial charge in [0.05, 0.1) is 5.56 Å². The van der Waals surface area contributed by atoms with E-state index in [1.165, 1.54) is 0 Å². The Labute approximate surface area is 88.6 Å².